The van der Waals surface area contributed by atoms with Gasteiger partial charge >= 0.3 is 0 Å². The number of hydrogen-bond donors (Lipinski definition) is 1. The summed E-state index contributed by atoms with van der Waals surface area (Å²) in [6.07, 6.45) is 3.57. The zero-order valence-corrected chi connectivity index (χ0v) is 19.5. The molecule has 0 aliphatic carbocycles. The maximum Gasteiger partial charge on any atom is 0.244 e. The van der Waals surface area contributed by atoms with Crippen LogP contribution in [0.15, 0.2) is 54.9 Å². The van der Waals surface area contributed by atoms with Crippen LogP contribution in [0.5, 0.6) is 0 Å². The Balaban J connectivity index is 1.63. The van der Waals surface area contributed by atoms with Crippen LogP contribution in [0.25, 0.3) is 28.0 Å². The number of likely N-dealkylation sites (tertiary alicyclic amines) is 1. The third-order valence-corrected chi connectivity index (χ3v) is 6.37. The summed E-state index contributed by atoms with van der Waals surface area (Å²) in [4.78, 5) is 23.7. The highest BCUT2D eigenvalue weighted by atomic mass is 35.5. The van der Waals surface area contributed by atoms with E-state index in [0.29, 0.717) is 32.6 Å². The molecule has 3 heterocycles. The van der Waals surface area contributed by atoms with Crippen LogP contribution in [0, 0.1) is 0 Å². The fourth-order valence-corrected chi connectivity index (χ4v) is 4.49. The Labute approximate surface area is 201 Å². The summed E-state index contributed by atoms with van der Waals surface area (Å²) in [5, 5.41) is 9.29. The minimum absolute atomic E-state index is 0.0581. The lowest BCUT2D eigenvalue weighted by atomic mass is 10.1. The highest BCUT2D eigenvalue weighted by molar-refractivity contribution is 6.32. The molecule has 1 aliphatic rings. The number of nitrogens with one attached hydrogen (secondary N) is 1. The van der Waals surface area contributed by atoms with Gasteiger partial charge in [-0.15, -0.1) is 0 Å². The average molecular weight is 481 g/mol. The third kappa shape index (κ3) is 4.14. The fraction of sp³-hybridized carbons (Fsp3) is 0.250. The van der Waals surface area contributed by atoms with Crippen LogP contribution in [-0.4, -0.2) is 49.7 Å². The molecule has 4 aromatic rings. The quantitative estimate of drug-likeness (QED) is 0.424. The normalized spacial score (nSPS) is 14.6. The smallest absolute Gasteiger partial charge is 0.244 e. The minimum Gasteiger partial charge on any atom is -0.357 e. The molecule has 1 N–H and O–H groups in total. The summed E-state index contributed by atoms with van der Waals surface area (Å²) < 4.78 is 1.77. The Hall–Kier alpha value is -3.16. The fourth-order valence-electron chi connectivity index (χ4n) is 4.15. The van der Waals surface area contributed by atoms with Crippen molar-refractivity contribution in [1.82, 2.24) is 24.6 Å². The summed E-state index contributed by atoms with van der Waals surface area (Å²) in [5.41, 5.74) is 3.57. The highest BCUT2D eigenvalue weighted by Crippen LogP contribution is 2.34. The monoisotopic (exact) mass is 480 g/mol. The molecule has 7 nitrogen and oxygen atoms in total. The lowest BCUT2D eigenvalue weighted by Crippen LogP contribution is -2.39. The molecule has 2 aromatic carbocycles. The predicted octanol–water partition coefficient (Wildman–Crippen LogP) is 5.21. The van der Waals surface area contributed by atoms with Crippen molar-refractivity contribution in [2.24, 2.45) is 0 Å². The van der Waals surface area contributed by atoms with Gasteiger partial charge in [0.15, 0.2) is 11.3 Å². The first kappa shape index (κ1) is 21.7. The van der Waals surface area contributed by atoms with Crippen LogP contribution in [0.1, 0.15) is 19.8 Å². The van der Waals surface area contributed by atoms with Crippen molar-refractivity contribution in [3.63, 3.8) is 0 Å². The topological polar surface area (TPSA) is 75.9 Å². The van der Waals surface area contributed by atoms with Gasteiger partial charge in [0.05, 0.1) is 10.7 Å². The van der Waals surface area contributed by atoms with Gasteiger partial charge in [-0.2, -0.15) is 5.10 Å². The van der Waals surface area contributed by atoms with Crippen molar-refractivity contribution in [2.45, 2.75) is 25.8 Å². The van der Waals surface area contributed by atoms with Crippen molar-refractivity contribution in [2.75, 3.05) is 18.4 Å². The molecule has 1 fully saturated rings. The standard InChI is InChI=1S/C24H22Cl2N6O/c1-15(24(33)31-12-4-5-13-31)29-23-21-20(27-14-28-23)22(16-8-10-17(25)11-9-16)32(30-21)19-7-3-2-6-18(19)26/h2-3,6-11,14-15H,4-5,12-13H2,1H3,(H,27,28,29). The SMILES string of the molecule is CC(Nc1ncnc2c(-c3ccc(Cl)cc3)n(-c3ccccc3Cl)nc12)C(=O)N1CCCC1. The van der Waals surface area contributed by atoms with E-state index in [0.717, 1.165) is 37.2 Å². The summed E-state index contributed by atoms with van der Waals surface area (Å²) in [6, 6.07) is 14.5. The van der Waals surface area contributed by atoms with Crippen LogP contribution in [0.3, 0.4) is 0 Å². The van der Waals surface area contributed by atoms with Crippen LogP contribution in [-0.2, 0) is 4.79 Å². The van der Waals surface area contributed by atoms with E-state index in [1.165, 1.54) is 6.33 Å². The zero-order valence-electron chi connectivity index (χ0n) is 18.0. The number of para-hydroxylation sites is 1. The van der Waals surface area contributed by atoms with E-state index < -0.39 is 6.04 Å². The number of carbonyl (C=O) groups is 1. The maximum absolute atomic E-state index is 12.8. The molecule has 1 saturated heterocycles. The molecule has 33 heavy (non-hydrogen) atoms. The van der Waals surface area contributed by atoms with Crippen LogP contribution < -0.4 is 5.32 Å². The number of amides is 1. The maximum atomic E-state index is 12.8. The van der Waals surface area contributed by atoms with E-state index in [1.54, 1.807) is 4.68 Å². The van der Waals surface area contributed by atoms with Crippen LogP contribution >= 0.6 is 23.2 Å². The van der Waals surface area contributed by atoms with Gasteiger partial charge in [0.2, 0.25) is 5.91 Å². The number of aromatic nitrogens is 4. The Morgan fingerprint density at radius 3 is 2.45 bits per heavy atom. The molecule has 168 valence electrons. The van der Waals surface area contributed by atoms with Gasteiger partial charge in [0.25, 0.3) is 0 Å². The molecule has 0 saturated carbocycles. The zero-order chi connectivity index (χ0) is 22.9. The number of halogens is 2. The number of carbonyl (C=O) groups excluding carboxylic acids is 1. The molecule has 2 aromatic heterocycles. The first-order chi connectivity index (χ1) is 16.0. The molecule has 0 bridgehead atoms. The van der Waals surface area contributed by atoms with Gasteiger partial charge in [-0.3, -0.25) is 4.79 Å². The molecule has 9 heteroatoms. The summed E-state index contributed by atoms with van der Waals surface area (Å²) >= 11 is 12.6. The van der Waals surface area contributed by atoms with Crippen molar-refractivity contribution >= 4 is 46.0 Å². The van der Waals surface area contributed by atoms with E-state index in [4.69, 9.17) is 28.3 Å². The van der Waals surface area contributed by atoms with Crippen LogP contribution in [0.2, 0.25) is 10.0 Å². The van der Waals surface area contributed by atoms with Crippen molar-refractivity contribution in [3.8, 4) is 16.9 Å². The van der Waals surface area contributed by atoms with Gasteiger partial charge in [0.1, 0.15) is 23.6 Å². The van der Waals surface area contributed by atoms with Crippen molar-refractivity contribution < 1.29 is 4.79 Å². The van der Waals surface area contributed by atoms with Crippen molar-refractivity contribution in [1.29, 1.82) is 0 Å². The van der Waals surface area contributed by atoms with Gasteiger partial charge < -0.3 is 10.2 Å². The largest absolute Gasteiger partial charge is 0.357 e. The number of rotatable bonds is 5. The number of nitrogens with zero attached hydrogens (tertiary/aromatic N) is 5. The van der Waals surface area contributed by atoms with Gasteiger partial charge in [-0.25, -0.2) is 14.6 Å². The number of fused-ring (bicyclic) bond motifs is 1. The first-order valence-electron chi connectivity index (χ1n) is 10.8. The third-order valence-electron chi connectivity index (χ3n) is 5.80. The van der Waals surface area contributed by atoms with E-state index in [-0.39, 0.29) is 5.91 Å². The molecule has 1 atom stereocenters. The Bertz CT molecular complexity index is 1310. The summed E-state index contributed by atoms with van der Waals surface area (Å²) in [7, 11) is 0. The minimum atomic E-state index is -0.439. The second-order valence-corrected chi connectivity index (χ2v) is 8.88. The number of benzene rings is 2. The van der Waals surface area contributed by atoms with E-state index in [2.05, 4.69) is 15.3 Å². The molecule has 1 unspecified atom stereocenters. The van der Waals surface area contributed by atoms with E-state index in [9.17, 15) is 4.79 Å². The predicted molar refractivity (Wildman–Crippen MR) is 131 cm³/mol. The van der Waals surface area contributed by atoms with Gasteiger partial charge in [-0.05, 0) is 44.0 Å². The lowest BCUT2D eigenvalue weighted by Gasteiger charge is -2.21. The van der Waals surface area contributed by atoms with E-state index >= 15 is 0 Å². The summed E-state index contributed by atoms with van der Waals surface area (Å²) in [5.74, 6) is 0.559. The second-order valence-electron chi connectivity index (χ2n) is 8.04. The Morgan fingerprint density at radius 1 is 1.00 bits per heavy atom. The van der Waals surface area contributed by atoms with Crippen LogP contribution in [0.4, 0.5) is 5.82 Å². The Morgan fingerprint density at radius 2 is 1.73 bits per heavy atom. The summed E-state index contributed by atoms with van der Waals surface area (Å²) in [6.45, 7) is 3.44. The second kappa shape index (κ2) is 9.00. The molecular formula is C24H22Cl2N6O. The average Bonchev–Trinajstić information content (AvgIpc) is 3.48. The Kier molecular flexibility index (Phi) is 5.91. The van der Waals surface area contributed by atoms with Crippen molar-refractivity contribution in [3.05, 3.63) is 64.9 Å². The van der Waals surface area contributed by atoms with E-state index in [1.807, 2.05) is 60.4 Å². The highest BCUT2D eigenvalue weighted by Gasteiger charge is 2.26. The molecule has 1 aliphatic heterocycles. The van der Waals surface area contributed by atoms with Gasteiger partial charge in [-0.1, -0.05) is 47.5 Å². The molecule has 1 amide bonds. The number of anilines is 1. The first-order valence-corrected chi connectivity index (χ1v) is 11.6. The lowest BCUT2D eigenvalue weighted by molar-refractivity contribution is -0.130. The number of hydrogen-bond acceptors (Lipinski definition) is 5. The molecular weight excluding hydrogens is 459 g/mol. The molecule has 0 radical (unpaired) electrons. The van der Waals surface area contributed by atoms with Gasteiger partial charge in [0, 0.05) is 23.7 Å². The molecule has 5 rings (SSSR count). The molecule has 0 spiro atoms.